The van der Waals surface area contributed by atoms with E-state index in [1.165, 1.54) is 25.3 Å². The zero-order valence-electron chi connectivity index (χ0n) is 17.2. The Kier molecular flexibility index (Phi) is 7.09. The van der Waals surface area contributed by atoms with Crippen LogP contribution in [0.4, 0.5) is 0 Å². The number of ether oxygens (including phenoxy) is 2. The molecule has 0 saturated carbocycles. The third kappa shape index (κ3) is 5.52. The van der Waals surface area contributed by atoms with E-state index in [9.17, 15) is 13.2 Å². The lowest BCUT2D eigenvalue weighted by Crippen LogP contribution is -2.23. The molecular weight excluding hydrogens is 418 g/mol. The molecule has 0 aliphatic rings. The van der Waals surface area contributed by atoms with Crippen LogP contribution in [0.5, 0.6) is 11.5 Å². The van der Waals surface area contributed by atoms with Gasteiger partial charge in [0.25, 0.3) is 5.91 Å². The molecule has 0 spiro atoms. The Morgan fingerprint density at radius 1 is 1.16 bits per heavy atom. The van der Waals surface area contributed by atoms with E-state index < -0.39 is 15.7 Å². The maximum absolute atomic E-state index is 12.4. The van der Waals surface area contributed by atoms with Crippen molar-refractivity contribution in [1.82, 2.24) is 15.5 Å². The lowest BCUT2D eigenvalue weighted by molar-refractivity contribution is 0.0953. The van der Waals surface area contributed by atoms with E-state index >= 15 is 0 Å². The topological polar surface area (TPSA) is 110 Å². The molecule has 1 aromatic heterocycles. The van der Waals surface area contributed by atoms with Gasteiger partial charge in [-0.05, 0) is 49.4 Å². The SMILES string of the molecule is CCOc1ccccc1-c1cc(C(=O)NC/C=C/S(=O)(=O)c2ccc(OC)cc2)[nH]n1. The summed E-state index contributed by atoms with van der Waals surface area (Å²) in [7, 11) is -2.11. The molecule has 0 aliphatic carbocycles. The van der Waals surface area contributed by atoms with Crippen LogP contribution in [0.3, 0.4) is 0 Å². The van der Waals surface area contributed by atoms with Gasteiger partial charge in [0, 0.05) is 17.5 Å². The van der Waals surface area contributed by atoms with Crippen LogP contribution in [0.2, 0.25) is 0 Å². The fourth-order valence-electron chi connectivity index (χ4n) is 2.80. The number of amides is 1. The number of H-pyrrole nitrogens is 1. The van der Waals surface area contributed by atoms with Gasteiger partial charge in [0.2, 0.25) is 0 Å². The van der Waals surface area contributed by atoms with Gasteiger partial charge in [0.15, 0.2) is 9.84 Å². The lowest BCUT2D eigenvalue weighted by atomic mass is 10.1. The van der Waals surface area contributed by atoms with Crippen molar-refractivity contribution in [2.24, 2.45) is 0 Å². The van der Waals surface area contributed by atoms with Crippen LogP contribution in [0.15, 0.2) is 71.0 Å². The molecule has 1 amide bonds. The number of para-hydroxylation sites is 1. The quantitative estimate of drug-likeness (QED) is 0.528. The molecule has 1 heterocycles. The average Bonchev–Trinajstić information content (AvgIpc) is 3.27. The first-order valence-electron chi connectivity index (χ1n) is 9.56. The van der Waals surface area contributed by atoms with Gasteiger partial charge in [0.1, 0.15) is 17.2 Å². The number of carbonyl (C=O) groups is 1. The highest BCUT2D eigenvalue weighted by Gasteiger charge is 2.14. The molecule has 0 atom stereocenters. The Hall–Kier alpha value is -3.59. The van der Waals surface area contributed by atoms with Crippen molar-refractivity contribution >= 4 is 15.7 Å². The van der Waals surface area contributed by atoms with E-state index in [1.807, 2.05) is 31.2 Å². The molecule has 3 aromatic rings. The molecule has 0 saturated heterocycles. The molecule has 0 radical (unpaired) electrons. The van der Waals surface area contributed by atoms with Gasteiger partial charge in [0.05, 0.1) is 24.3 Å². The molecule has 0 unspecified atom stereocenters. The van der Waals surface area contributed by atoms with Crippen molar-refractivity contribution in [1.29, 1.82) is 0 Å². The predicted molar refractivity (Wildman–Crippen MR) is 117 cm³/mol. The number of aromatic nitrogens is 2. The van der Waals surface area contributed by atoms with Gasteiger partial charge in [-0.1, -0.05) is 18.2 Å². The summed E-state index contributed by atoms with van der Waals surface area (Å²) in [6.45, 7) is 2.45. The van der Waals surface area contributed by atoms with E-state index in [4.69, 9.17) is 9.47 Å². The van der Waals surface area contributed by atoms with E-state index in [-0.39, 0.29) is 17.1 Å². The minimum Gasteiger partial charge on any atom is -0.497 e. The van der Waals surface area contributed by atoms with Gasteiger partial charge >= 0.3 is 0 Å². The third-order valence-electron chi connectivity index (χ3n) is 4.33. The van der Waals surface area contributed by atoms with Crippen molar-refractivity contribution in [3.05, 3.63) is 71.8 Å². The molecule has 2 N–H and O–H groups in total. The first-order chi connectivity index (χ1) is 14.9. The largest absolute Gasteiger partial charge is 0.497 e. The molecule has 9 heteroatoms. The Morgan fingerprint density at radius 3 is 2.61 bits per heavy atom. The maximum Gasteiger partial charge on any atom is 0.269 e. The van der Waals surface area contributed by atoms with Crippen LogP contribution in [-0.4, -0.2) is 44.8 Å². The standard InChI is InChI=1S/C22H23N3O5S/c1-3-30-21-8-5-4-7-18(21)19-15-20(25-24-19)22(26)23-13-6-14-31(27,28)17-11-9-16(29-2)10-12-17/h4-12,14-15H,3,13H2,1-2H3,(H,23,26)(H,24,25)/b14-6+. The van der Waals surface area contributed by atoms with E-state index in [2.05, 4.69) is 15.5 Å². The Morgan fingerprint density at radius 2 is 1.90 bits per heavy atom. The summed E-state index contributed by atoms with van der Waals surface area (Å²) in [6, 6.07) is 15.1. The summed E-state index contributed by atoms with van der Waals surface area (Å²) in [6.07, 6.45) is 1.37. The van der Waals surface area contributed by atoms with Crippen LogP contribution in [0, 0.1) is 0 Å². The van der Waals surface area contributed by atoms with E-state index in [0.29, 0.717) is 23.8 Å². The third-order valence-corrected chi connectivity index (χ3v) is 5.81. The lowest BCUT2D eigenvalue weighted by Gasteiger charge is -2.07. The second kappa shape index (κ2) is 9.94. The smallest absolute Gasteiger partial charge is 0.269 e. The number of aromatic amines is 1. The molecule has 162 valence electrons. The molecular formula is C22H23N3O5S. The second-order valence-corrected chi connectivity index (χ2v) is 8.23. The van der Waals surface area contributed by atoms with Crippen molar-refractivity contribution < 1.29 is 22.7 Å². The van der Waals surface area contributed by atoms with Crippen molar-refractivity contribution in [2.75, 3.05) is 20.3 Å². The molecule has 31 heavy (non-hydrogen) atoms. The van der Waals surface area contributed by atoms with E-state index in [0.717, 1.165) is 11.0 Å². The Labute approximate surface area is 180 Å². The molecule has 0 bridgehead atoms. The Bertz CT molecular complexity index is 1170. The van der Waals surface area contributed by atoms with Crippen LogP contribution in [-0.2, 0) is 9.84 Å². The monoisotopic (exact) mass is 441 g/mol. The van der Waals surface area contributed by atoms with Crippen molar-refractivity contribution in [3.63, 3.8) is 0 Å². The zero-order valence-corrected chi connectivity index (χ0v) is 18.0. The van der Waals surface area contributed by atoms with Crippen LogP contribution < -0.4 is 14.8 Å². The molecule has 0 fully saturated rings. The number of rotatable bonds is 9. The number of benzene rings is 2. The number of hydrogen-bond acceptors (Lipinski definition) is 6. The molecule has 3 rings (SSSR count). The summed E-state index contributed by atoms with van der Waals surface area (Å²) < 4.78 is 35.3. The minimum atomic E-state index is -3.61. The normalized spacial score (nSPS) is 11.4. The molecule has 8 nitrogen and oxygen atoms in total. The highest BCUT2D eigenvalue weighted by atomic mass is 32.2. The first-order valence-corrected chi connectivity index (χ1v) is 11.1. The number of methoxy groups -OCH3 is 1. The summed E-state index contributed by atoms with van der Waals surface area (Å²) in [5.41, 5.74) is 1.60. The number of nitrogens with zero attached hydrogens (tertiary/aromatic N) is 1. The molecule has 0 aliphatic heterocycles. The van der Waals surface area contributed by atoms with E-state index in [1.54, 1.807) is 18.2 Å². The highest BCUT2D eigenvalue weighted by molar-refractivity contribution is 7.94. The van der Waals surface area contributed by atoms with Gasteiger partial charge in [-0.2, -0.15) is 5.10 Å². The fraction of sp³-hybridized carbons (Fsp3) is 0.182. The average molecular weight is 442 g/mol. The first kappa shape index (κ1) is 22.1. The maximum atomic E-state index is 12.4. The number of carbonyl (C=O) groups excluding carboxylic acids is 1. The van der Waals surface area contributed by atoms with Crippen LogP contribution in [0.25, 0.3) is 11.3 Å². The predicted octanol–water partition coefficient (Wildman–Crippen LogP) is 3.20. The van der Waals surface area contributed by atoms with Crippen LogP contribution >= 0.6 is 0 Å². The van der Waals surface area contributed by atoms with Crippen LogP contribution in [0.1, 0.15) is 17.4 Å². The molecule has 2 aromatic carbocycles. The number of sulfone groups is 1. The fourth-order valence-corrected chi connectivity index (χ4v) is 3.82. The van der Waals surface area contributed by atoms with Crippen molar-refractivity contribution in [3.8, 4) is 22.8 Å². The number of nitrogens with one attached hydrogen (secondary N) is 2. The van der Waals surface area contributed by atoms with Gasteiger partial charge in [-0.15, -0.1) is 0 Å². The van der Waals surface area contributed by atoms with Crippen molar-refractivity contribution in [2.45, 2.75) is 11.8 Å². The second-order valence-electron chi connectivity index (χ2n) is 6.40. The summed E-state index contributed by atoms with van der Waals surface area (Å²) in [5.74, 6) is 0.840. The minimum absolute atomic E-state index is 0.0398. The number of hydrogen-bond donors (Lipinski definition) is 2. The summed E-state index contributed by atoms with van der Waals surface area (Å²) >= 11 is 0. The van der Waals surface area contributed by atoms with Gasteiger partial charge in [-0.3, -0.25) is 9.89 Å². The summed E-state index contributed by atoms with van der Waals surface area (Å²) in [4.78, 5) is 12.5. The zero-order chi connectivity index (χ0) is 22.3. The summed E-state index contributed by atoms with van der Waals surface area (Å²) in [5, 5.41) is 10.6. The highest BCUT2D eigenvalue weighted by Crippen LogP contribution is 2.28. The van der Waals surface area contributed by atoms with Gasteiger partial charge < -0.3 is 14.8 Å². The van der Waals surface area contributed by atoms with Gasteiger partial charge in [-0.25, -0.2) is 8.42 Å². The Balaban J connectivity index is 1.61.